The molecule has 0 aliphatic carbocycles. The molecule has 0 saturated carbocycles. The van der Waals surface area contributed by atoms with E-state index in [1.165, 1.54) is 0 Å². The predicted octanol–water partition coefficient (Wildman–Crippen LogP) is 0.275. The number of thioether (sulfide) groups is 1. The average Bonchev–Trinajstić information content (AvgIpc) is 1.97. The molecule has 0 spiro atoms. The summed E-state index contributed by atoms with van der Waals surface area (Å²) in [7, 11) is 1.56. The summed E-state index contributed by atoms with van der Waals surface area (Å²) in [5, 5.41) is 8.42. The van der Waals surface area contributed by atoms with Crippen LogP contribution in [0.25, 0.3) is 0 Å². The molecule has 0 aromatic rings. The molecule has 0 atom stereocenters. The fourth-order valence-corrected chi connectivity index (χ4v) is 0.964. The minimum absolute atomic E-state index is 0.0589. The molecule has 0 bridgehead atoms. The number of methoxy groups -OCH3 is 1. The average molecular weight is 164 g/mol. The van der Waals surface area contributed by atoms with Crippen molar-refractivity contribution in [2.75, 3.05) is 26.1 Å². The number of carbonyl (C=O) groups is 1. The Hall–Kier alpha value is -0.0600. The molecule has 0 aliphatic rings. The third kappa shape index (κ3) is 6.07. The molecular weight excluding hydrogens is 152 g/mol. The second-order valence-corrected chi connectivity index (χ2v) is 2.84. The van der Waals surface area contributed by atoms with Crippen LogP contribution in [-0.4, -0.2) is 36.3 Å². The summed E-state index contributed by atoms with van der Waals surface area (Å²) < 4.78 is 4.70. The molecule has 0 aromatic carbocycles. The maximum Gasteiger partial charge on any atom is 0.191 e. The molecule has 0 heterocycles. The number of carbonyl (C=O) groups excluding carboxylic acids is 1. The third-order valence-corrected chi connectivity index (χ3v) is 1.78. The largest absolute Gasteiger partial charge is 0.396 e. The SMILES string of the molecule is COCCC(=O)SCCO. The van der Waals surface area contributed by atoms with Gasteiger partial charge in [0.25, 0.3) is 0 Å². The van der Waals surface area contributed by atoms with Gasteiger partial charge in [0.05, 0.1) is 13.2 Å². The highest BCUT2D eigenvalue weighted by Crippen LogP contribution is 2.03. The normalized spacial score (nSPS) is 9.80. The van der Waals surface area contributed by atoms with Crippen molar-refractivity contribution in [3.05, 3.63) is 0 Å². The van der Waals surface area contributed by atoms with E-state index in [-0.39, 0.29) is 11.7 Å². The van der Waals surface area contributed by atoms with E-state index < -0.39 is 0 Å². The molecule has 0 fully saturated rings. The molecule has 10 heavy (non-hydrogen) atoms. The number of hydrogen-bond donors (Lipinski definition) is 1. The van der Waals surface area contributed by atoms with Crippen LogP contribution in [0, 0.1) is 0 Å². The minimum atomic E-state index is 0.0589. The van der Waals surface area contributed by atoms with Crippen LogP contribution in [0.15, 0.2) is 0 Å². The lowest BCUT2D eigenvalue weighted by Crippen LogP contribution is -2.00. The van der Waals surface area contributed by atoms with E-state index >= 15 is 0 Å². The van der Waals surface area contributed by atoms with Gasteiger partial charge < -0.3 is 9.84 Å². The van der Waals surface area contributed by atoms with Crippen LogP contribution in [0.1, 0.15) is 6.42 Å². The Morgan fingerprint density at radius 2 is 2.40 bits per heavy atom. The van der Waals surface area contributed by atoms with Crippen molar-refractivity contribution in [1.29, 1.82) is 0 Å². The van der Waals surface area contributed by atoms with E-state index in [1.807, 2.05) is 0 Å². The van der Waals surface area contributed by atoms with E-state index in [0.29, 0.717) is 18.8 Å². The van der Waals surface area contributed by atoms with Crippen LogP contribution >= 0.6 is 11.8 Å². The molecule has 0 aromatic heterocycles. The second kappa shape index (κ2) is 7.05. The molecule has 60 valence electrons. The fourth-order valence-electron chi connectivity index (χ4n) is 0.417. The highest BCUT2D eigenvalue weighted by Gasteiger charge is 1.99. The van der Waals surface area contributed by atoms with Crippen LogP contribution < -0.4 is 0 Å². The Kier molecular flexibility index (Phi) is 7.01. The zero-order valence-electron chi connectivity index (χ0n) is 6.00. The van der Waals surface area contributed by atoms with Gasteiger partial charge in [0.2, 0.25) is 0 Å². The van der Waals surface area contributed by atoms with Crippen LogP contribution in [-0.2, 0) is 9.53 Å². The zero-order valence-corrected chi connectivity index (χ0v) is 6.82. The number of rotatable bonds is 5. The molecule has 0 unspecified atom stereocenters. The summed E-state index contributed by atoms with van der Waals surface area (Å²) in [5.74, 6) is 0.489. The van der Waals surface area contributed by atoms with Gasteiger partial charge in [-0.3, -0.25) is 4.79 Å². The first-order chi connectivity index (χ1) is 4.81. The van der Waals surface area contributed by atoms with Gasteiger partial charge in [-0.25, -0.2) is 0 Å². The van der Waals surface area contributed by atoms with Gasteiger partial charge in [0.15, 0.2) is 5.12 Å². The summed E-state index contributed by atoms with van der Waals surface area (Å²) in [6.07, 6.45) is 0.432. The lowest BCUT2D eigenvalue weighted by atomic mass is 10.5. The summed E-state index contributed by atoms with van der Waals surface area (Å²) in [6, 6.07) is 0. The van der Waals surface area contributed by atoms with Gasteiger partial charge in [-0.05, 0) is 0 Å². The highest BCUT2D eigenvalue weighted by molar-refractivity contribution is 8.13. The van der Waals surface area contributed by atoms with Crippen LogP contribution in [0.3, 0.4) is 0 Å². The van der Waals surface area contributed by atoms with Crippen molar-refractivity contribution in [3.63, 3.8) is 0 Å². The monoisotopic (exact) mass is 164 g/mol. The minimum Gasteiger partial charge on any atom is -0.396 e. The molecule has 0 rings (SSSR count). The lowest BCUT2D eigenvalue weighted by molar-refractivity contribution is -0.111. The molecular formula is C6H12O3S. The Morgan fingerprint density at radius 3 is 2.90 bits per heavy atom. The number of aliphatic hydroxyl groups is 1. The number of ether oxygens (including phenoxy) is 1. The smallest absolute Gasteiger partial charge is 0.191 e. The van der Waals surface area contributed by atoms with E-state index in [1.54, 1.807) is 7.11 Å². The van der Waals surface area contributed by atoms with Crippen molar-refractivity contribution in [1.82, 2.24) is 0 Å². The Bertz CT molecular complexity index is 85.0. The van der Waals surface area contributed by atoms with Gasteiger partial charge in [-0.1, -0.05) is 11.8 Å². The molecule has 4 heteroatoms. The second-order valence-electron chi connectivity index (χ2n) is 1.69. The molecule has 1 N–H and O–H groups in total. The van der Waals surface area contributed by atoms with Gasteiger partial charge in [0.1, 0.15) is 0 Å². The third-order valence-electron chi connectivity index (χ3n) is 0.865. The first kappa shape index (κ1) is 9.94. The topological polar surface area (TPSA) is 46.5 Å². The van der Waals surface area contributed by atoms with E-state index in [2.05, 4.69) is 0 Å². The predicted molar refractivity (Wildman–Crippen MR) is 41.0 cm³/mol. The Morgan fingerprint density at radius 1 is 1.70 bits per heavy atom. The van der Waals surface area contributed by atoms with E-state index in [0.717, 1.165) is 11.8 Å². The zero-order chi connectivity index (χ0) is 7.82. The maximum atomic E-state index is 10.7. The van der Waals surface area contributed by atoms with Gasteiger partial charge in [-0.15, -0.1) is 0 Å². The van der Waals surface area contributed by atoms with Crippen molar-refractivity contribution in [3.8, 4) is 0 Å². The molecule has 0 aliphatic heterocycles. The van der Waals surface area contributed by atoms with Crippen molar-refractivity contribution in [2.45, 2.75) is 6.42 Å². The standard InChI is InChI=1S/C6H12O3S/c1-9-4-2-6(8)10-5-3-7/h7H,2-5H2,1H3. The summed E-state index contributed by atoms with van der Waals surface area (Å²) >= 11 is 1.15. The van der Waals surface area contributed by atoms with Gasteiger partial charge in [-0.2, -0.15) is 0 Å². The number of aliphatic hydroxyl groups excluding tert-OH is 1. The first-order valence-electron chi connectivity index (χ1n) is 3.06. The molecule has 0 amide bonds. The van der Waals surface area contributed by atoms with Crippen LogP contribution in [0.5, 0.6) is 0 Å². The van der Waals surface area contributed by atoms with Crippen molar-refractivity contribution < 1.29 is 14.6 Å². The van der Waals surface area contributed by atoms with Gasteiger partial charge in [0, 0.05) is 19.3 Å². The highest BCUT2D eigenvalue weighted by atomic mass is 32.2. The Balaban J connectivity index is 3.09. The first-order valence-corrected chi connectivity index (χ1v) is 4.05. The summed E-state index contributed by atoms with van der Waals surface area (Å²) in [6.45, 7) is 0.528. The molecule has 3 nitrogen and oxygen atoms in total. The van der Waals surface area contributed by atoms with Gasteiger partial charge >= 0.3 is 0 Å². The summed E-state index contributed by atoms with van der Waals surface area (Å²) in [4.78, 5) is 10.7. The molecule has 0 saturated heterocycles. The lowest BCUT2D eigenvalue weighted by Gasteiger charge is -1.96. The molecule has 0 radical (unpaired) electrons. The van der Waals surface area contributed by atoms with Crippen LogP contribution in [0.2, 0.25) is 0 Å². The number of hydrogen-bond acceptors (Lipinski definition) is 4. The van der Waals surface area contributed by atoms with Crippen LogP contribution in [0.4, 0.5) is 0 Å². The van der Waals surface area contributed by atoms with E-state index in [4.69, 9.17) is 9.84 Å². The Labute approximate surface area is 64.8 Å². The quantitative estimate of drug-likeness (QED) is 0.633. The fraction of sp³-hybridized carbons (Fsp3) is 0.833. The van der Waals surface area contributed by atoms with E-state index in [9.17, 15) is 4.79 Å². The maximum absolute atomic E-state index is 10.7. The van der Waals surface area contributed by atoms with Crippen molar-refractivity contribution >= 4 is 16.9 Å². The van der Waals surface area contributed by atoms with Crippen molar-refractivity contribution in [2.24, 2.45) is 0 Å². The summed E-state index contributed by atoms with van der Waals surface area (Å²) in [5.41, 5.74) is 0.